The van der Waals surface area contributed by atoms with Gasteiger partial charge in [0.15, 0.2) is 5.78 Å². The zero-order valence-electron chi connectivity index (χ0n) is 10.7. The van der Waals surface area contributed by atoms with Crippen molar-refractivity contribution in [3.63, 3.8) is 0 Å². The Morgan fingerprint density at radius 2 is 2.47 bits per heavy atom. The number of ketones is 1. The molecule has 2 rings (SSSR count). The van der Waals surface area contributed by atoms with Crippen LogP contribution in [-0.2, 0) is 7.05 Å². The van der Waals surface area contributed by atoms with Crippen LogP contribution in [-0.4, -0.2) is 28.7 Å². The molecular weight excluding hydrogens is 214 g/mol. The molecule has 17 heavy (non-hydrogen) atoms. The number of rotatable bonds is 4. The summed E-state index contributed by atoms with van der Waals surface area (Å²) >= 11 is 0. The summed E-state index contributed by atoms with van der Waals surface area (Å²) in [5.74, 6) is 0.256. The predicted octanol–water partition coefficient (Wildman–Crippen LogP) is 1.77. The van der Waals surface area contributed by atoms with Gasteiger partial charge in [0.25, 0.3) is 0 Å². The number of nitrogens with one attached hydrogen (secondary N) is 1. The van der Waals surface area contributed by atoms with Crippen molar-refractivity contribution in [2.75, 3.05) is 13.1 Å². The van der Waals surface area contributed by atoms with E-state index >= 15 is 0 Å². The molecule has 1 unspecified atom stereocenters. The van der Waals surface area contributed by atoms with E-state index in [0.717, 1.165) is 44.5 Å². The van der Waals surface area contributed by atoms with Crippen LogP contribution >= 0.6 is 0 Å². The monoisotopic (exact) mass is 235 g/mol. The van der Waals surface area contributed by atoms with E-state index in [1.54, 1.807) is 10.9 Å². The maximum absolute atomic E-state index is 12.7. The number of Topliss-reactive ketones (excluding diaryl/α,β-unsaturated/α-hetero) is 1. The largest absolute Gasteiger partial charge is 0.316 e. The first kappa shape index (κ1) is 12.3. The maximum atomic E-state index is 12.7. The van der Waals surface area contributed by atoms with E-state index in [1.807, 2.05) is 13.1 Å². The van der Waals surface area contributed by atoms with Crippen molar-refractivity contribution in [2.24, 2.45) is 12.5 Å². The van der Waals surface area contributed by atoms with Gasteiger partial charge in [0.05, 0.1) is 0 Å². The van der Waals surface area contributed by atoms with E-state index in [-0.39, 0.29) is 11.2 Å². The highest BCUT2D eigenvalue weighted by Crippen LogP contribution is 2.35. The Balaban J connectivity index is 2.27. The lowest BCUT2D eigenvalue weighted by atomic mass is 9.72. The highest BCUT2D eigenvalue weighted by Gasteiger charge is 2.40. The third kappa shape index (κ3) is 2.27. The van der Waals surface area contributed by atoms with Gasteiger partial charge in [-0.2, -0.15) is 5.10 Å². The second-order valence-electron chi connectivity index (χ2n) is 4.98. The second-order valence-corrected chi connectivity index (χ2v) is 4.98. The quantitative estimate of drug-likeness (QED) is 0.809. The standard InChI is InChI=1S/C13H21N3O/c1-3-6-13(7-4-8-14-10-13)12(17)11-5-9-15-16(11)2/h5,9,14H,3-4,6-8,10H2,1-2H3. The molecule has 0 amide bonds. The van der Waals surface area contributed by atoms with Crippen molar-refractivity contribution < 1.29 is 4.79 Å². The Morgan fingerprint density at radius 3 is 3.00 bits per heavy atom. The van der Waals surface area contributed by atoms with Crippen molar-refractivity contribution in [3.05, 3.63) is 18.0 Å². The van der Waals surface area contributed by atoms with Crippen molar-refractivity contribution in [3.8, 4) is 0 Å². The number of carbonyl (C=O) groups is 1. The van der Waals surface area contributed by atoms with E-state index in [4.69, 9.17) is 0 Å². The molecule has 1 aliphatic rings. The second kappa shape index (κ2) is 5.00. The molecule has 1 saturated heterocycles. The van der Waals surface area contributed by atoms with E-state index in [0.29, 0.717) is 0 Å². The molecule has 4 heteroatoms. The molecule has 1 aliphatic heterocycles. The van der Waals surface area contributed by atoms with Crippen LogP contribution in [0, 0.1) is 5.41 Å². The number of carbonyl (C=O) groups excluding carboxylic acids is 1. The van der Waals surface area contributed by atoms with E-state index < -0.39 is 0 Å². The summed E-state index contributed by atoms with van der Waals surface area (Å²) in [6, 6.07) is 1.83. The van der Waals surface area contributed by atoms with Gasteiger partial charge in [0.2, 0.25) is 0 Å². The van der Waals surface area contributed by atoms with Gasteiger partial charge in [0, 0.05) is 25.2 Å². The average Bonchev–Trinajstić information content (AvgIpc) is 2.76. The molecular formula is C13H21N3O. The molecule has 1 fully saturated rings. The first-order chi connectivity index (χ1) is 8.19. The van der Waals surface area contributed by atoms with Crippen LogP contribution in [0.1, 0.15) is 43.1 Å². The van der Waals surface area contributed by atoms with Gasteiger partial charge in [-0.1, -0.05) is 13.3 Å². The third-order valence-corrected chi connectivity index (χ3v) is 3.74. The fourth-order valence-corrected chi connectivity index (χ4v) is 2.84. The Kier molecular flexibility index (Phi) is 3.62. The van der Waals surface area contributed by atoms with Crippen molar-refractivity contribution in [2.45, 2.75) is 32.6 Å². The molecule has 0 radical (unpaired) electrons. The Hall–Kier alpha value is -1.16. The highest BCUT2D eigenvalue weighted by molar-refractivity contribution is 5.99. The fourth-order valence-electron chi connectivity index (χ4n) is 2.84. The van der Waals surface area contributed by atoms with Crippen LogP contribution in [0.25, 0.3) is 0 Å². The lowest BCUT2D eigenvalue weighted by Gasteiger charge is -2.36. The van der Waals surface area contributed by atoms with Gasteiger partial charge in [0.1, 0.15) is 5.69 Å². The van der Waals surface area contributed by atoms with Gasteiger partial charge >= 0.3 is 0 Å². The summed E-state index contributed by atoms with van der Waals surface area (Å²) < 4.78 is 1.69. The van der Waals surface area contributed by atoms with Gasteiger partial charge in [-0.3, -0.25) is 9.48 Å². The van der Waals surface area contributed by atoms with Crippen LogP contribution in [0.5, 0.6) is 0 Å². The minimum atomic E-state index is -0.208. The zero-order valence-corrected chi connectivity index (χ0v) is 10.7. The molecule has 0 bridgehead atoms. The summed E-state index contributed by atoms with van der Waals surface area (Å²) in [5.41, 5.74) is 0.531. The topological polar surface area (TPSA) is 46.9 Å². The number of nitrogens with zero attached hydrogens (tertiary/aromatic N) is 2. The smallest absolute Gasteiger partial charge is 0.188 e. The summed E-state index contributed by atoms with van der Waals surface area (Å²) in [5, 5.41) is 7.47. The summed E-state index contributed by atoms with van der Waals surface area (Å²) in [7, 11) is 1.84. The van der Waals surface area contributed by atoms with Crippen molar-refractivity contribution >= 4 is 5.78 Å². The number of hydrogen-bond donors (Lipinski definition) is 1. The lowest BCUT2D eigenvalue weighted by Crippen LogP contribution is -2.46. The van der Waals surface area contributed by atoms with Crippen molar-refractivity contribution in [1.82, 2.24) is 15.1 Å². The molecule has 4 nitrogen and oxygen atoms in total. The first-order valence-corrected chi connectivity index (χ1v) is 6.43. The molecule has 2 heterocycles. The number of piperidine rings is 1. The molecule has 0 saturated carbocycles. The molecule has 0 spiro atoms. The Morgan fingerprint density at radius 1 is 1.65 bits per heavy atom. The van der Waals surface area contributed by atoms with Crippen LogP contribution in [0.3, 0.4) is 0 Å². The lowest BCUT2D eigenvalue weighted by molar-refractivity contribution is 0.0707. The molecule has 0 aliphatic carbocycles. The summed E-state index contributed by atoms with van der Waals surface area (Å²) in [4.78, 5) is 12.7. The minimum absolute atomic E-state index is 0.208. The highest BCUT2D eigenvalue weighted by atomic mass is 16.1. The van der Waals surface area contributed by atoms with E-state index in [9.17, 15) is 4.79 Å². The molecule has 0 aromatic carbocycles. The zero-order chi connectivity index (χ0) is 12.3. The minimum Gasteiger partial charge on any atom is -0.316 e. The van der Waals surface area contributed by atoms with Gasteiger partial charge in [-0.15, -0.1) is 0 Å². The van der Waals surface area contributed by atoms with Crippen LogP contribution in [0.2, 0.25) is 0 Å². The number of hydrogen-bond acceptors (Lipinski definition) is 3. The summed E-state index contributed by atoms with van der Waals surface area (Å²) in [6.45, 7) is 3.99. The first-order valence-electron chi connectivity index (χ1n) is 6.43. The van der Waals surface area contributed by atoms with E-state index in [2.05, 4.69) is 17.3 Å². The van der Waals surface area contributed by atoms with Crippen molar-refractivity contribution in [1.29, 1.82) is 0 Å². The molecule has 94 valence electrons. The normalized spacial score (nSPS) is 24.8. The predicted molar refractivity (Wildman–Crippen MR) is 67.0 cm³/mol. The van der Waals surface area contributed by atoms with Gasteiger partial charge in [-0.25, -0.2) is 0 Å². The molecule has 1 N–H and O–H groups in total. The average molecular weight is 235 g/mol. The van der Waals surface area contributed by atoms with Gasteiger partial charge < -0.3 is 5.32 Å². The Bertz CT molecular complexity index is 386. The van der Waals surface area contributed by atoms with Crippen LogP contribution < -0.4 is 5.32 Å². The van der Waals surface area contributed by atoms with Crippen LogP contribution in [0.4, 0.5) is 0 Å². The molecule has 1 atom stereocenters. The van der Waals surface area contributed by atoms with Gasteiger partial charge in [-0.05, 0) is 31.9 Å². The maximum Gasteiger partial charge on any atom is 0.188 e. The SMILES string of the molecule is CCCC1(C(=O)c2ccnn2C)CCCNC1. The fraction of sp³-hybridized carbons (Fsp3) is 0.692. The third-order valence-electron chi connectivity index (χ3n) is 3.74. The number of aryl methyl sites for hydroxylation is 1. The van der Waals surface area contributed by atoms with Crippen LogP contribution in [0.15, 0.2) is 12.3 Å². The van der Waals surface area contributed by atoms with E-state index in [1.165, 1.54) is 0 Å². The Labute approximate surface area is 102 Å². The molecule has 1 aromatic heterocycles. The molecule has 1 aromatic rings. The summed E-state index contributed by atoms with van der Waals surface area (Å²) in [6.07, 6.45) is 5.79. The number of aromatic nitrogens is 2.